The topological polar surface area (TPSA) is 51.8 Å². The second kappa shape index (κ2) is 5.85. The molecule has 0 fully saturated rings. The summed E-state index contributed by atoms with van der Waals surface area (Å²) in [5, 5.41) is 7.81. The summed E-state index contributed by atoms with van der Waals surface area (Å²) in [5.41, 5.74) is 8.59. The fraction of sp³-hybridized carbons (Fsp3) is 0.231. The molecule has 1 heterocycles. The lowest BCUT2D eigenvalue weighted by Gasteiger charge is -2.00. The molecule has 16 heavy (non-hydrogen) atoms. The van der Waals surface area contributed by atoms with Gasteiger partial charge in [-0.3, -0.25) is 0 Å². The molecule has 0 radical (unpaired) electrons. The van der Waals surface area contributed by atoms with Gasteiger partial charge in [-0.25, -0.2) is 0 Å². The fourth-order valence-electron chi connectivity index (χ4n) is 1.22. The van der Waals surface area contributed by atoms with Gasteiger partial charge >= 0.3 is 0 Å². The van der Waals surface area contributed by atoms with Crippen LogP contribution < -0.4 is 5.73 Å². The number of nitrogens with two attached hydrogens (primary N) is 1. The molecule has 0 unspecified atom stereocenters. The third-order valence-corrected chi connectivity index (χ3v) is 2.03. The molecular weight excluding hydrogens is 198 g/mol. The van der Waals surface area contributed by atoms with Crippen LogP contribution in [-0.2, 0) is 0 Å². The van der Waals surface area contributed by atoms with E-state index >= 15 is 0 Å². The van der Waals surface area contributed by atoms with Gasteiger partial charge in [0.15, 0.2) is 0 Å². The summed E-state index contributed by atoms with van der Waals surface area (Å²) in [4.78, 5) is 0. The Kier molecular flexibility index (Phi) is 4.45. The van der Waals surface area contributed by atoms with E-state index in [1.807, 2.05) is 44.2 Å². The summed E-state index contributed by atoms with van der Waals surface area (Å²) in [6.07, 6.45) is 0. The summed E-state index contributed by atoms with van der Waals surface area (Å²) >= 11 is 0. The molecule has 0 amide bonds. The fourth-order valence-corrected chi connectivity index (χ4v) is 1.22. The summed E-state index contributed by atoms with van der Waals surface area (Å²) in [5.74, 6) is 0.445. The Morgan fingerprint density at radius 2 is 1.50 bits per heavy atom. The molecule has 0 spiro atoms. The quantitative estimate of drug-likeness (QED) is 0.795. The summed E-state index contributed by atoms with van der Waals surface area (Å²) in [7, 11) is 0. The van der Waals surface area contributed by atoms with E-state index in [9.17, 15) is 0 Å². The highest BCUT2D eigenvalue weighted by Crippen LogP contribution is 2.16. The maximum absolute atomic E-state index is 5.46. The van der Waals surface area contributed by atoms with Crippen LogP contribution in [0.25, 0.3) is 11.3 Å². The van der Waals surface area contributed by atoms with E-state index in [0.717, 1.165) is 11.3 Å². The SMILES string of the molecule is CC.Cc1ccc(-c2ccc(N)nn2)cc1. The van der Waals surface area contributed by atoms with Crippen LogP contribution in [-0.4, -0.2) is 10.2 Å². The molecule has 3 heteroatoms. The van der Waals surface area contributed by atoms with Gasteiger partial charge in [-0.05, 0) is 19.1 Å². The normalized spacial score (nSPS) is 9.19. The second-order valence-corrected chi connectivity index (χ2v) is 3.21. The van der Waals surface area contributed by atoms with Crippen molar-refractivity contribution >= 4 is 5.82 Å². The first-order valence-electron chi connectivity index (χ1n) is 5.42. The Labute approximate surface area is 96.3 Å². The number of rotatable bonds is 1. The minimum atomic E-state index is 0.445. The van der Waals surface area contributed by atoms with E-state index < -0.39 is 0 Å². The molecule has 3 nitrogen and oxygen atoms in total. The Hall–Kier alpha value is -1.90. The predicted molar refractivity (Wildman–Crippen MR) is 68.0 cm³/mol. The average molecular weight is 215 g/mol. The van der Waals surface area contributed by atoms with Crippen LogP contribution in [0, 0.1) is 6.92 Å². The van der Waals surface area contributed by atoms with Gasteiger partial charge < -0.3 is 5.73 Å². The van der Waals surface area contributed by atoms with Crippen molar-refractivity contribution in [3.05, 3.63) is 42.0 Å². The third-order valence-electron chi connectivity index (χ3n) is 2.03. The highest BCUT2D eigenvalue weighted by Gasteiger charge is 1.98. The zero-order chi connectivity index (χ0) is 12.0. The second-order valence-electron chi connectivity index (χ2n) is 3.21. The molecule has 2 rings (SSSR count). The Morgan fingerprint density at radius 1 is 0.875 bits per heavy atom. The van der Waals surface area contributed by atoms with Crippen molar-refractivity contribution in [1.82, 2.24) is 10.2 Å². The highest BCUT2D eigenvalue weighted by molar-refractivity contribution is 5.59. The highest BCUT2D eigenvalue weighted by atomic mass is 15.1. The van der Waals surface area contributed by atoms with Crippen molar-refractivity contribution in [3.63, 3.8) is 0 Å². The minimum absolute atomic E-state index is 0.445. The van der Waals surface area contributed by atoms with E-state index in [0.29, 0.717) is 5.82 Å². The van der Waals surface area contributed by atoms with Crippen LogP contribution in [0.3, 0.4) is 0 Å². The lowest BCUT2D eigenvalue weighted by atomic mass is 10.1. The molecule has 1 aromatic heterocycles. The van der Waals surface area contributed by atoms with Crippen LogP contribution in [0.5, 0.6) is 0 Å². The van der Waals surface area contributed by atoms with Gasteiger partial charge in [0.2, 0.25) is 0 Å². The number of nitrogens with zero attached hydrogens (tertiary/aromatic N) is 2. The van der Waals surface area contributed by atoms with E-state index in [-0.39, 0.29) is 0 Å². The standard InChI is InChI=1S/C11H11N3.C2H6/c1-8-2-4-9(5-3-8)10-6-7-11(12)14-13-10;1-2/h2-7H,1H3,(H2,12,14);1-2H3. The van der Waals surface area contributed by atoms with Crippen molar-refractivity contribution in [2.24, 2.45) is 0 Å². The molecule has 0 aliphatic carbocycles. The molecule has 0 saturated carbocycles. The summed E-state index contributed by atoms with van der Waals surface area (Å²) in [6.45, 7) is 6.05. The first kappa shape index (κ1) is 12.2. The van der Waals surface area contributed by atoms with E-state index in [1.165, 1.54) is 5.56 Å². The smallest absolute Gasteiger partial charge is 0.146 e. The number of aromatic nitrogens is 2. The average Bonchev–Trinajstić information content (AvgIpc) is 2.34. The van der Waals surface area contributed by atoms with Gasteiger partial charge in [0.1, 0.15) is 5.82 Å². The van der Waals surface area contributed by atoms with Crippen molar-refractivity contribution in [1.29, 1.82) is 0 Å². The molecule has 2 aromatic rings. The van der Waals surface area contributed by atoms with E-state index in [4.69, 9.17) is 5.73 Å². The third kappa shape index (κ3) is 3.05. The van der Waals surface area contributed by atoms with Crippen molar-refractivity contribution in [3.8, 4) is 11.3 Å². The number of hydrogen-bond acceptors (Lipinski definition) is 3. The van der Waals surface area contributed by atoms with Crippen molar-refractivity contribution in [2.75, 3.05) is 5.73 Å². The number of anilines is 1. The van der Waals surface area contributed by atoms with Crippen LogP contribution in [0.4, 0.5) is 5.82 Å². The maximum atomic E-state index is 5.46. The number of hydrogen-bond donors (Lipinski definition) is 1. The Morgan fingerprint density at radius 3 is 2.00 bits per heavy atom. The predicted octanol–water partition coefficient (Wildman–Crippen LogP) is 3.06. The summed E-state index contributed by atoms with van der Waals surface area (Å²) in [6, 6.07) is 11.8. The van der Waals surface area contributed by atoms with Crippen LogP contribution in [0.1, 0.15) is 19.4 Å². The van der Waals surface area contributed by atoms with Gasteiger partial charge in [0.25, 0.3) is 0 Å². The number of aryl methyl sites for hydroxylation is 1. The summed E-state index contributed by atoms with van der Waals surface area (Å²) < 4.78 is 0. The maximum Gasteiger partial charge on any atom is 0.146 e. The molecule has 2 N–H and O–H groups in total. The number of nitrogen functional groups attached to an aromatic ring is 1. The molecule has 0 saturated heterocycles. The Bertz CT molecular complexity index is 374. The largest absolute Gasteiger partial charge is 0.382 e. The zero-order valence-corrected chi connectivity index (χ0v) is 9.94. The molecule has 1 aromatic carbocycles. The first-order chi connectivity index (χ1) is 7.75. The minimum Gasteiger partial charge on any atom is -0.382 e. The van der Waals surface area contributed by atoms with E-state index in [2.05, 4.69) is 17.1 Å². The molecule has 0 aliphatic rings. The molecule has 0 atom stereocenters. The monoisotopic (exact) mass is 215 g/mol. The lowest BCUT2D eigenvalue weighted by molar-refractivity contribution is 1.05. The van der Waals surface area contributed by atoms with Gasteiger partial charge in [-0.15, -0.1) is 10.2 Å². The first-order valence-corrected chi connectivity index (χ1v) is 5.42. The molecule has 0 aliphatic heterocycles. The zero-order valence-electron chi connectivity index (χ0n) is 9.94. The molecule has 84 valence electrons. The van der Waals surface area contributed by atoms with Crippen molar-refractivity contribution in [2.45, 2.75) is 20.8 Å². The van der Waals surface area contributed by atoms with Crippen LogP contribution in [0.15, 0.2) is 36.4 Å². The van der Waals surface area contributed by atoms with Gasteiger partial charge in [0.05, 0.1) is 5.69 Å². The van der Waals surface area contributed by atoms with Crippen molar-refractivity contribution < 1.29 is 0 Å². The van der Waals surface area contributed by atoms with E-state index in [1.54, 1.807) is 6.07 Å². The Balaban J connectivity index is 0.000000606. The van der Waals surface area contributed by atoms with Gasteiger partial charge in [-0.1, -0.05) is 43.7 Å². The molecular formula is C13H17N3. The van der Waals surface area contributed by atoms with Gasteiger partial charge in [0, 0.05) is 5.56 Å². The van der Waals surface area contributed by atoms with Gasteiger partial charge in [-0.2, -0.15) is 0 Å². The van der Waals surface area contributed by atoms with Crippen LogP contribution >= 0.6 is 0 Å². The van der Waals surface area contributed by atoms with Crippen LogP contribution in [0.2, 0.25) is 0 Å². The number of benzene rings is 1. The molecule has 0 bridgehead atoms. The lowest BCUT2D eigenvalue weighted by Crippen LogP contribution is -1.93.